The summed E-state index contributed by atoms with van der Waals surface area (Å²) in [5.41, 5.74) is 0.654. The largest absolute Gasteiger partial charge is 0.497 e. The Morgan fingerprint density at radius 3 is 2.56 bits per heavy atom. The van der Waals surface area contributed by atoms with Crippen molar-refractivity contribution in [1.29, 1.82) is 0 Å². The predicted octanol–water partition coefficient (Wildman–Crippen LogP) is 4.22. The first-order valence-electron chi connectivity index (χ1n) is 11.0. The van der Waals surface area contributed by atoms with E-state index in [2.05, 4.69) is 0 Å². The Hall–Kier alpha value is -2.75. The van der Waals surface area contributed by atoms with Gasteiger partial charge in [-0.05, 0) is 44.9 Å². The molecule has 0 bridgehead atoms. The fourth-order valence-corrected chi connectivity index (χ4v) is 3.79. The lowest BCUT2D eigenvalue weighted by Crippen LogP contribution is -2.32. The second kappa shape index (κ2) is 10.7. The number of fused-ring (bicyclic) bond motifs is 2. The van der Waals surface area contributed by atoms with Gasteiger partial charge >= 0.3 is 5.97 Å². The molecule has 1 aromatic rings. The number of benzene rings is 1. The van der Waals surface area contributed by atoms with Crippen LogP contribution >= 0.6 is 0 Å². The molecule has 8 nitrogen and oxygen atoms in total. The molecule has 2 heterocycles. The van der Waals surface area contributed by atoms with Gasteiger partial charge in [0.2, 0.25) is 5.78 Å². The van der Waals surface area contributed by atoms with Crippen molar-refractivity contribution < 1.29 is 42.4 Å². The van der Waals surface area contributed by atoms with Crippen LogP contribution in [0.2, 0.25) is 0 Å². The average Bonchev–Trinajstić information content (AvgIpc) is 3.09. The van der Waals surface area contributed by atoms with Crippen molar-refractivity contribution in [3.63, 3.8) is 0 Å². The molecule has 0 spiro atoms. The molecule has 1 saturated heterocycles. The van der Waals surface area contributed by atoms with E-state index in [9.17, 15) is 14.0 Å². The summed E-state index contributed by atoms with van der Waals surface area (Å²) in [4.78, 5) is 26.0. The lowest BCUT2D eigenvalue weighted by Gasteiger charge is -2.21. The van der Waals surface area contributed by atoms with Gasteiger partial charge in [-0.1, -0.05) is 19.1 Å². The third kappa shape index (κ3) is 5.84. The van der Waals surface area contributed by atoms with E-state index in [1.54, 1.807) is 52.0 Å². The molecule has 2 aliphatic heterocycles. The molecule has 3 rings (SSSR count). The highest BCUT2D eigenvalue weighted by Crippen LogP contribution is 2.35. The number of esters is 1. The molecule has 0 aromatic heterocycles. The molecule has 0 aliphatic carbocycles. The normalized spacial score (nSPS) is 28.7. The summed E-state index contributed by atoms with van der Waals surface area (Å²) < 4.78 is 48.0. The molecule has 0 amide bonds. The smallest absolute Gasteiger partial charge is 0.342 e. The van der Waals surface area contributed by atoms with Gasteiger partial charge in [-0.25, -0.2) is 9.18 Å². The Morgan fingerprint density at radius 1 is 1.15 bits per heavy atom. The first-order chi connectivity index (χ1) is 16.1. The van der Waals surface area contributed by atoms with E-state index in [0.29, 0.717) is 11.3 Å². The third-order valence-corrected chi connectivity index (χ3v) is 5.66. The van der Waals surface area contributed by atoms with E-state index in [0.717, 1.165) is 6.08 Å². The first-order valence-corrected chi connectivity index (χ1v) is 11.0. The fourth-order valence-electron chi connectivity index (χ4n) is 3.79. The number of halogens is 1. The second-order valence-corrected chi connectivity index (χ2v) is 8.72. The summed E-state index contributed by atoms with van der Waals surface area (Å²) >= 11 is 0. The molecule has 0 N–H and O–H groups in total. The van der Waals surface area contributed by atoms with Crippen LogP contribution in [0.5, 0.6) is 11.5 Å². The Bertz CT molecular complexity index is 983. The minimum atomic E-state index is -1.10. The minimum absolute atomic E-state index is 0.0946. The van der Waals surface area contributed by atoms with Gasteiger partial charge in [0.15, 0.2) is 24.5 Å². The SMILES string of the molecule is COCOc1cc(OC)cc2c1C(=O)O[C@@H](C)[C@H](C)/C=C(/F)C(=O)[C@H]1OC(C)(C)OC1CC=C2. The van der Waals surface area contributed by atoms with Crippen molar-refractivity contribution in [2.75, 3.05) is 21.0 Å². The zero-order valence-corrected chi connectivity index (χ0v) is 20.3. The van der Waals surface area contributed by atoms with Crippen LogP contribution in [0.1, 0.15) is 50.0 Å². The Labute approximate surface area is 198 Å². The zero-order chi connectivity index (χ0) is 25.0. The molecule has 1 fully saturated rings. The predicted molar refractivity (Wildman–Crippen MR) is 121 cm³/mol. The van der Waals surface area contributed by atoms with E-state index in [1.165, 1.54) is 14.2 Å². The maximum Gasteiger partial charge on any atom is 0.342 e. The Kier molecular flexibility index (Phi) is 8.12. The number of carbonyl (C=O) groups is 2. The third-order valence-electron chi connectivity index (χ3n) is 5.66. The van der Waals surface area contributed by atoms with Crippen LogP contribution in [0.3, 0.4) is 0 Å². The van der Waals surface area contributed by atoms with Crippen molar-refractivity contribution in [2.45, 2.75) is 58.2 Å². The van der Waals surface area contributed by atoms with Gasteiger partial charge in [-0.15, -0.1) is 0 Å². The van der Waals surface area contributed by atoms with Crippen LogP contribution in [0, 0.1) is 5.92 Å². The van der Waals surface area contributed by atoms with Crippen molar-refractivity contribution >= 4 is 17.8 Å². The number of ether oxygens (including phenoxy) is 6. The topological polar surface area (TPSA) is 89.5 Å². The minimum Gasteiger partial charge on any atom is -0.497 e. The number of ketones is 1. The van der Waals surface area contributed by atoms with Crippen LogP contribution in [-0.4, -0.2) is 56.9 Å². The molecular weight excluding hydrogens is 447 g/mol. The van der Waals surface area contributed by atoms with Gasteiger partial charge in [-0.3, -0.25) is 4.79 Å². The number of cyclic esters (lactones) is 1. The van der Waals surface area contributed by atoms with Gasteiger partial charge in [0.05, 0.1) is 13.2 Å². The molecule has 4 atom stereocenters. The summed E-state index contributed by atoms with van der Waals surface area (Å²) in [6.45, 7) is 6.52. The fraction of sp³-hybridized carbons (Fsp3) is 0.520. The monoisotopic (exact) mass is 478 g/mol. The van der Waals surface area contributed by atoms with Crippen LogP contribution < -0.4 is 9.47 Å². The molecule has 34 heavy (non-hydrogen) atoms. The first kappa shape index (κ1) is 25.9. The van der Waals surface area contributed by atoms with Crippen molar-refractivity contribution in [1.82, 2.24) is 0 Å². The molecule has 9 heteroatoms. The van der Waals surface area contributed by atoms with Crippen molar-refractivity contribution in [2.24, 2.45) is 5.92 Å². The number of Topliss-reactive ketones (excluding diaryl/α,β-unsaturated/α-hetero) is 1. The van der Waals surface area contributed by atoms with Crippen LogP contribution in [0.25, 0.3) is 6.08 Å². The summed E-state index contributed by atoms with van der Waals surface area (Å²) in [6, 6.07) is 3.24. The number of rotatable bonds is 4. The maximum absolute atomic E-state index is 14.9. The van der Waals surface area contributed by atoms with Gasteiger partial charge in [0.1, 0.15) is 23.2 Å². The van der Waals surface area contributed by atoms with Crippen molar-refractivity contribution in [3.05, 3.63) is 41.2 Å². The molecular formula is C25H31FO8. The van der Waals surface area contributed by atoms with E-state index in [4.69, 9.17) is 28.4 Å². The molecule has 186 valence electrons. The maximum atomic E-state index is 14.9. The van der Waals surface area contributed by atoms with Crippen LogP contribution in [0.4, 0.5) is 4.39 Å². The molecule has 1 unspecified atom stereocenters. The van der Waals surface area contributed by atoms with Gasteiger partial charge in [-0.2, -0.15) is 0 Å². The summed E-state index contributed by atoms with van der Waals surface area (Å²) in [5, 5.41) is 0. The van der Waals surface area contributed by atoms with E-state index < -0.39 is 47.6 Å². The highest BCUT2D eigenvalue weighted by Gasteiger charge is 2.45. The van der Waals surface area contributed by atoms with E-state index in [-0.39, 0.29) is 24.5 Å². The van der Waals surface area contributed by atoms with Crippen LogP contribution in [-0.2, 0) is 23.7 Å². The van der Waals surface area contributed by atoms with Gasteiger partial charge in [0.25, 0.3) is 0 Å². The van der Waals surface area contributed by atoms with Gasteiger partial charge < -0.3 is 28.4 Å². The lowest BCUT2D eigenvalue weighted by atomic mass is 9.99. The summed E-state index contributed by atoms with van der Waals surface area (Å²) in [7, 11) is 2.96. The molecule has 1 aromatic carbocycles. The number of carbonyl (C=O) groups excluding carboxylic acids is 2. The Morgan fingerprint density at radius 2 is 1.88 bits per heavy atom. The highest BCUT2D eigenvalue weighted by atomic mass is 19.1. The second-order valence-electron chi connectivity index (χ2n) is 8.72. The summed E-state index contributed by atoms with van der Waals surface area (Å²) in [5.74, 6) is -3.38. The standard InChI is InChI=1S/C25H31FO8/c1-14-10-18(26)22(27)23-19(33-25(3,4)34-23)9-7-8-16-11-17(30-6)12-20(31-13-29-5)21(16)24(28)32-15(14)2/h7-8,10-12,14-15,19,23H,9,13H2,1-6H3/b8-7?,18-10+/t14-,15+,19?,23+/m1/s1. The Balaban J connectivity index is 2.10. The lowest BCUT2D eigenvalue weighted by molar-refractivity contribution is -0.153. The van der Waals surface area contributed by atoms with Crippen molar-refractivity contribution in [3.8, 4) is 11.5 Å². The summed E-state index contributed by atoms with van der Waals surface area (Å²) in [6.07, 6.45) is 2.23. The molecule has 0 radical (unpaired) electrons. The number of hydrogen-bond acceptors (Lipinski definition) is 8. The highest BCUT2D eigenvalue weighted by molar-refractivity contribution is 5.98. The van der Waals surface area contributed by atoms with E-state index in [1.807, 2.05) is 0 Å². The van der Waals surface area contributed by atoms with Gasteiger partial charge in [0, 0.05) is 19.1 Å². The molecule has 0 saturated carbocycles. The van der Waals surface area contributed by atoms with Crippen LogP contribution in [0.15, 0.2) is 30.1 Å². The quantitative estimate of drug-likeness (QED) is 0.470. The molecule has 2 aliphatic rings. The number of methoxy groups -OCH3 is 2. The zero-order valence-electron chi connectivity index (χ0n) is 20.3. The van der Waals surface area contributed by atoms with E-state index >= 15 is 0 Å². The average molecular weight is 479 g/mol. The number of hydrogen-bond donors (Lipinski definition) is 0.